The van der Waals surface area contributed by atoms with Crippen molar-refractivity contribution in [1.29, 1.82) is 0 Å². The molecule has 0 unspecified atom stereocenters. The van der Waals surface area contributed by atoms with E-state index in [4.69, 9.17) is 25.8 Å². The van der Waals surface area contributed by atoms with Gasteiger partial charge in [0.05, 0.1) is 6.61 Å². The van der Waals surface area contributed by atoms with Crippen LogP contribution < -0.4 is 9.47 Å². The van der Waals surface area contributed by atoms with Crippen LogP contribution in [0.5, 0.6) is 11.5 Å². The number of aryl methyl sites for hydroxylation is 1. The first-order valence-corrected chi connectivity index (χ1v) is 10.6. The molecule has 0 fully saturated rings. The number of nitrogens with zero attached hydrogens (tertiary/aromatic N) is 1. The average Bonchev–Trinajstić information content (AvgIpc) is 3.15. The zero-order valence-corrected chi connectivity index (χ0v) is 18.6. The van der Waals surface area contributed by atoms with Crippen LogP contribution in [-0.2, 0) is 16.1 Å². The normalized spacial score (nSPS) is 14.3. The molecule has 1 aliphatic heterocycles. The molecule has 0 spiro atoms. The summed E-state index contributed by atoms with van der Waals surface area (Å²) in [4.78, 5) is 16.7. The zero-order chi connectivity index (χ0) is 22.5. The van der Waals surface area contributed by atoms with Gasteiger partial charge in [-0.2, -0.15) is 0 Å². The van der Waals surface area contributed by atoms with E-state index in [1.54, 1.807) is 12.1 Å². The van der Waals surface area contributed by atoms with Gasteiger partial charge in [-0.3, -0.25) is 0 Å². The van der Waals surface area contributed by atoms with Gasteiger partial charge < -0.3 is 14.2 Å². The highest BCUT2D eigenvalue weighted by molar-refractivity contribution is 6.31. The monoisotopic (exact) mass is 447 g/mol. The number of rotatable bonds is 7. The third-order valence-corrected chi connectivity index (χ3v) is 5.20. The summed E-state index contributed by atoms with van der Waals surface area (Å²) in [5.74, 6) is 0.971. The lowest BCUT2D eigenvalue weighted by molar-refractivity contribution is -0.129. The highest BCUT2D eigenvalue weighted by Crippen LogP contribution is 2.31. The van der Waals surface area contributed by atoms with E-state index in [1.807, 2.05) is 74.5 Å². The summed E-state index contributed by atoms with van der Waals surface area (Å²) in [5, 5.41) is 0.647. The van der Waals surface area contributed by atoms with E-state index < -0.39 is 5.97 Å². The first-order chi connectivity index (χ1) is 15.5. The van der Waals surface area contributed by atoms with Crippen molar-refractivity contribution < 1.29 is 19.0 Å². The maximum absolute atomic E-state index is 12.3. The van der Waals surface area contributed by atoms with Gasteiger partial charge in [0.1, 0.15) is 6.61 Å². The van der Waals surface area contributed by atoms with Gasteiger partial charge in [0.25, 0.3) is 0 Å². The summed E-state index contributed by atoms with van der Waals surface area (Å²) in [7, 11) is 0. The molecule has 32 heavy (non-hydrogen) atoms. The lowest BCUT2D eigenvalue weighted by atomic mass is 10.1. The summed E-state index contributed by atoms with van der Waals surface area (Å²) >= 11 is 6.21. The predicted octanol–water partition coefficient (Wildman–Crippen LogP) is 5.97. The first kappa shape index (κ1) is 21.7. The van der Waals surface area contributed by atoms with Crippen molar-refractivity contribution in [3.05, 3.63) is 99.7 Å². The number of hydrogen-bond donors (Lipinski definition) is 0. The Morgan fingerprint density at radius 1 is 1.00 bits per heavy atom. The van der Waals surface area contributed by atoms with Crippen molar-refractivity contribution in [3.63, 3.8) is 0 Å². The molecule has 0 radical (unpaired) electrons. The molecule has 0 bridgehead atoms. The van der Waals surface area contributed by atoms with Gasteiger partial charge in [-0.15, -0.1) is 0 Å². The minimum atomic E-state index is -0.488. The van der Waals surface area contributed by atoms with E-state index in [1.165, 1.54) is 0 Å². The third-order valence-electron chi connectivity index (χ3n) is 4.83. The Morgan fingerprint density at radius 2 is 1.78 bits per heavy atom. The molecular formula is C26H22ClNO4. The lowest BCUT2D eigenvalue weighted by Crippen LogP contribution is -2.05. The Bertz CT molecular complexity index is 1200. The first-order valence-electron chi connectivity index (χ1n) is 10.3. The molecule has 4 rings (SSSR count). The number of cyclic esters (lactones) is 1. The molecule has 0 aromatic heterocycles. The molecule has 0 saturated carbocycles. The standard InChI is InChI=1S/C26H22ClNO4/c1-3-30-24-15-18(10-13-23(24)31-16-20-6-4-5-7-21(20)27)14-22-26(29)32-25(28-22)19-11-8-17(2)9-12-19/h4-15H,3,16H2,1-2H3/b22-14+. The van der Waals surface area contributed by atoms with Gasteiger partial charge in [0.15, 0.2) is 17.2 Å². The van der Waals surface area contributed by atoms with Crippen LogP contribution in [0.2, 0.25) is 5.02 Å². The van der Waals surface area contributed by atoms with Crippen LogP contribution in [0.1, 0.15) is 29.2 Å². The zero-order valence-electron chi connectivity index (χ0n) is 17.8. The molecule has 3 aromatic rings. The number of hydrogen-bond acceptors (Lipinski definition) is 5. The molecule has 0 amide bonds. The Hall–Kier alpha value is -3.57. The highest BCUT2D eigenvalue weighted by Gasteiger charge is 2.24. The molecular weight excluding hydrogens is 426 g/mol. The number of benzene rings is 3. The Balaban J connectivity index is 1.56. The molecule has 0 atom stereocenters. The SMILES string of the molecule is CCOc1cc(/C=C2/N=C(c3ccc(C)cc3)OC2=O)ccc1OCc1ccccc1Cl. The third kappa shape index (κ3) is 5.01. The lowest BCUT2D eigenvalue weighted by Gasteiger charge is -2.13. The van der Waals surface area contributed by atoms with E-state index in [2.05, 4.69) is 4.99 Å². The number of ether oxygens (including phenoxy) is 3. The fourth-order valence-corrected chi connectivity index (χ4v) is 3.35. The van der Waals surface area contributed by atoms with Gasteiger partial charge in [-0.25, -0.2) is 9.79 Å². The van der Waals surface area contributed by atoms with Crippen LogP contribution in [0, 0.1) is 6.92 Å². The second-order valence-corrected chi connectivity index (χ2v) is 7.63. The molecule has 0 aliphatic carbocycles. The van der Waals surface area contributed by atoms with E-state index in [0.717, 1.165) is 22.3 Å². The summed E-state index contributed by atoms with van der Waals surface area (Å²) in [6, 6.07) is 20.6. The Morgan fingerprint density at radius 3 is 2.53 bits per heavy atom. The van der Waals surface area contributed by atoms with E-state index in [9.17, 15) is 4.79 Å². The van der Waals surface area contributed by atoms with Crippen molar-refractivity contribution >= 4 is 29.5 Å². The molecule has 1 heterocycles. The largest absolute Gasteiger partial charge is 0.490 e. The second-order valence-electron chi connectivity index (χ2n) is 7.22. The molecule has 3 aromatic carbocycles. The Kier molecular flexibility index (Phi) is 6.57. The fourth-order valence-electron chi connectivity index (χ4n) is 3.16. The van der Waals surface area contributed by atoms with E-state index >= 15 is 0 Å². The molecule has 0 saturated heterocycles. The number of halogens is 1. The summed E-state index contributed by atoms with van der Waals surface area (Å²) in [6.45, 7) is 4.68. The smallest absolute Gasteiger partial charge is 0.363 e. The van der Waals surface area contributed by atoms with Gasteiger partial charge in [0, 0.05) is 16.1 Å². The molecule has 162 valence electrons. The van der Waals surface area contributed by atoms with Crippen LogP contribution >= 0.6 is 11.6 Å². The van der Waals surface area contributed by atoms with Crippen molar-refractivity contribution in [3.8, 4) is 11.5 Å². The number of aliphatic imine (C=N–C) groups is 1. The summed E-state index contributed by atoms with van der Waals surface area (Å²) < 4.78 is 17.0. The Labute approximate surface area is 191 Å². The van der Waals surface area contributed by atoms with Crippen LogP contribution in [-0.4, -0.2) is 18.5 Å². The van der Waals surface area contributed by atoms with Crippen LogP contribution in [0.15, 0.2) is 77.4 Å². The summed E-state index contributed by atoms with van der Waals surface area (Å²) in [5.41, 5.74) is 3.74. The van der Waals surface area contributed by atoms with E-state index in [0.29, 0.717) is 35.6 Å². The van der Waals surface area contributed by atoms with Crippen molar-refractivity contribution in [2.75, 3.05) is 6.61 Å². The van der Waals surface area contributed by atoms with Crippen LogP contribution in [0.25, 0.3) is 6.08 Å². The topological polar surface area (TPSA) is 57.1 Å². The maximum Gasteiger partial charge on any atom is 0.363 e. The quantitative estimate of drug-likeness (QED) is 0.330. The second kappa shape index (κ2) is 9.71. The van der Waals surface area contributed by atoms with Gasteiger partial charge in [-0.05, 0) is 55.8 Å². The van der Waals surface area contributed by atoms with Gasteiger partial charge >= 0.3 is 5.97 Å². The molecule has 6 heteroatoms. The number of carbonyl (C=O) groups excluding carboxylic acids is 1. The minimum absolute atomic E-state index is 0.229. The van der Waals surface area contributed by atoms with Crippen molar-refractivity contribution in [2.24, 2.45) is 4.99 Å². The minimum Gasteiger partial charge on any atom is -0.490 e. The average molecular weight is 448 g/mol. The van der Waals surface area contributed by atoms with E-state index in [-0.39, 0.29) is 5.70 Å². The van der Waals surface area contributed by atoms with Gasteiger partial charge in [-0.1, -0.05) is 53.6 Å². The summed E-state index contributed by atoms with van der Waals surface area (Å²) in [6.07, 6.45) is 1.67. The maximum atomic E-state index is 12.3. The van der Waals surface area contributed by atoms with Crippen molar-refractivity contribution in [2.45, 2.75) is 20.5 Å². The number of carbonyl (C=O) groups is 1. The predicted molar refractivity (Wildman–Crippen MR) is 125 cm³/mol. The molecule has 1 aliphatic rings. The van der Waals surface area contributed by atoms with Crippen LogP contribution in [0.4, 0.5) is 0 Å². The van der Waals surface area contributed by atoms with Crippen molar-refractivity contribution in [1.82, 2.24) is 0 Å². The molecule has 5 nitrogen and oxygen atoms in total. The van der Waals surface area contributed by atoms with Crippen LogP contribution in [0.3, 0.4) is 0 Å². The fraction of sp³-hybridized carbons (Fsp3) is 0.154. The van der Waals surface area contributed by atoms with Gasteiger partial charge in [0.2, 0.25) is 5.90 Å². The highest BCUT2D eigenvalue weighted by atomic mass is 35.5. The molecule has 0 N–H and O–H groups in total. The number of esters is 1.